The van der Waals surface area contributed by atoms with Crippen LogP contribution in [0.3, 0.4) is 0 Å². The highest BCUT2D eigenvalue weighted by Crippen LogP contribution is 2.26. The van der Waals surface area contributed by atoms with Crippen molar-refractivity contribution in [2.45, 2.75) is 11.8 Å². The molecule has 5 nitrogen and oxygen atoms in total. The third kappa shape index (κ3) is 3.02. The minimum atomic E-state index is -3.52. The first kappa shape index (κ1) is 14.6. The van der Waals surface area contributed by atoms with E-state index < -0.39 is 10.0 Å². The van der Waals surface area contributed by atoms with E-state index in [1.807, 2.05) is 0 Å². The van der Waals surface area contributed by atoms with Gasteiger partial charge in [-0.1, -0.05) is 18.5 Å². The molecule has 7 heteroatoms. The molecule has 1 fully saturated rings. The van der Waals surface area contributed by atoms with Crippen molar-refractivity contribution in [3.05, 3.63) is 23.2 Å². The van der Waals surface area contributed by atoms with Gasteiger partial charge in [-0.15, -0.1) is 0 Å². The molecule has 0 atom stereocenters. The fourth-order valence-corrected chi connectivity index (χ4v) is 3.88. The summed E-state index contributed by atoms with van der Waals surface area (Å²) >= 11 is 5.80. The molecule has 0 radical (unpaired) electrons. The van der Waals surface area contributed by atoms with E-state index in [0.717, 1.165) is 19.6 Å². The van der Waals surface area contributed by atoms with Crippen LogP contribution in [0, 0.1) is 0 Å². The molecule has 2 rings (SSSR count). The van der Waals surface area contributed by atoms with Gasteiger partial charge in [-0.25, -0.2) is 8.42 Å². The van der Waals surface area contributed by atoms with E-state index in [0.29, 0.717) is 18.1 Å². The number of nitrogens with two attached hydrogens (primary N) is 1. The van der Waals surface area contributed by atoms with Gasteiger partial charge in [0.25, 0.3) is 0 Å². The average molecular weight is 304 g/mol. The van der Waals surface area contributed by atoms with Crippen molar-refractivity contribution < 1.29 is 8.42 Å². The van der Waals surface area contributed by atoms with Gasteiger partial charge in [-0.3, -0.25) is 0 Å². The summed E-state index contributed by atoms with van der Waals surface area (Å²) in [6.07, 6.45) is 0. The van der Waals surface area contributed by atoms with Crippen molar-refractivity contribution in [3.8, 4) is 0 Å². The van der Waals surface area contributed by atoms with Gasteiger partial charge in [0.15, 0.2) is 0 Å². The van der Waals surface area contributed by atoms with E-state index in [9.17, 15) is 8.42 Å². The molecule has 1 aromatic carbocycles. The van der Waals surface area contributed by atoms with Crippen LogP contribution in [-0.4, -0.2) is 50.3 Å². The van der Waals surface area contributed by atoms with Crippen molar-refractivity contribution in [3.63, 3.8) is 0 Å². The molecule has 0 aliphatic carbocycles. The van der Waals surface area contributed by atoms with Crippen LogP contribution in [0.25, 0.3) is 0 Å². The second-order valence-corrected chi connectivity index (χ2v) is 6.86. The van der Waals surface area contributed by atoms with Crippen molar-refractivity contribution >= 4 is 27.3 Å². The zero-order valence-corrected chi connectivity index (χ0v) is 12.4. The second kappa shape index (κ2) is 5.66. The third-order valence-electron chi connectivity index (χ3n) is 3.37. The van der Waals surface area contributed by atoms with Gasteiger partial charge < -0.3 is 10.6 Å². The molecule has 106 valence electrons. The molecule has 0 aromatic heterocycles. The smallest absolute Gasteiger partial charge is 0.245 e. The lowest BCUT2D eigenvalue weighted by atomic mass is 10.3. The van der Waals surface area contributed by atoms with Crippen LogP contribution >= 0.6 is 11.6 Å². The third-order valence-corrected chi connectivity index (χ3v) is 5.58. The summed E-state index contributed by atoms with van der Waals surface area (Å²) in [7, 11) is -3.52. The number of benzene rings is 1. The lowest BCUT2D eigenvalue weighted by molar-refractivity contribution is 0.196. The number of likely N-dealkylation sites (N-methyl/N-ethyl adjacent to an activating group) is 1. The predicted octanol–water partition coefficient (Wildman–Crippen LogP) is 1.25. The van der Waals surface area contributed by atoms with Crippen LogP contribution in [-0.2, 0) is 10.0 Å². The first-order chi connectivity index (χ1) is 8.95. The lowest BCUT2D eigenvalue weighted by Crippen LogP contribution is -2.48. The molecule has 0 amide bonds. The number of piperazine rings is 1. The quantitative estimate of drug-likeness (QED) is 0.854. The maximum Gasteiger partial charge on any atom is 0.245 e. The van der Waals surface area contributed by atoms with Gasteiger partial charge in [0.05, 0.1) is 5.69 Å². The standard InChI is InChI=1S/C12H18ClN3O2S/c1-2-15-5-7-16(8-6-15)19(17,18)12-4-3-10(13)9-11(12)14/h3-4,9H,2,5-8,14H2,1H3. The molecule has 0 saturated carbocycles. The summed E-state index contributed by atoms with van der Waals surface area (Å²) in [6, 6.07) is 4.49. The fraction of sp³-hybridized carbons (Fsp3) is 0.500. The Kier molecular flexibility index (Phi) is 4.35. The zero-order chi connectivity index (χ0) is 14.0. The Morgan fingerprint density at radius 1 is 1.26 bits per heavy atom. The molecule has 1 aromatic rings. The maximum absolute atomic E-state index is 12.5. The Hall–Kier alpha value is -0.820. The molecule has 1 heterocycles. The van der Waals surface area contributed by atoms with E-state index in [1.165, 1.54) is 16.4 Å². The predicted molar refractivity (Wildman–Crippen MR) is 76.7 cm³/mol. The largest absolute Gasteiger partial charge is 0.398 e. The summed E-state index contributed by atoms with van der Waals surface area (Å²) in [5, 5.41) is 0.437. The van der Waals surface area contributed by atoms with Gasteiger partial charge in [0.2, 0.25) is 10.0 Å². The Morgan fingerprint density at radius 2 is 1.89 bits per heavy atom. The molecule has 0 unspecified atom stereocenters. The zero-order valence-electron chi connectivity index (χ0n) is 10.8. The summed E-state index contributed by atoms with van der Waals surface area (Å²) < 4.78 is 26.5. The monoisotopic (exact) mass is 303 g/mol. The first-order valence-electron chi connectivity index (χ1n) is 6.22. The maximum atomic E-state index is 12.5. The Balaban J connectivity index is 2.23. The van der Waals surface area contributed by atoms with Crippen LogP contribution in [0.2, 0.25) is 5.02 Å². The normalized spacial score (nSPS) is 18.6. The van der Waals surface area contributed by atoms with Crippen LogP contribution in [0.1, 0.15) is 6.92 Å². The molecule has 1 aliphatic rings. The molecule has 0 spiro atoms. The van der Waals surface area contributed by atoms with Crippen LogP contribution in [0.5, 0.6) is 0 Å². The van der Waals surface area contributed by atoms with Crippen molar-refractivity contribution in [2.75, 3.05) is 38.5 Å². The summed E-state index contributed by atoms with van der Waals surface area (Å²) in [4.78, 5) is 2.36. The Bertz CT molecular complexity index is 554. The average Bonchev–Trinajstić information content (AvgIpc) is 2.38. The summed E-state index contributed by atoms with van der Waals surface area (Å²) in [5.41, 5.74) is 5.97. The Morgan fingerprint density at radius 3 is 2.42 bits per heavy atom. The molecule has 0 bridgehead atoms. The number of halogens is 1. The topological polar surface area (TPSA) is 66.6 Å². The van der Waals surface area contributed by atoms with E-state index in [-0.39, 0.29) is 10.6 Å². The highest BCUT2D eigenvalue weighted by atomic mass is 35.5. The number of rotatable bonds is 3. The van der Waals surface area contributed by atoms with E-state index in [2.05, 4.69) is 11.8 Å². The molecular formula is C12H18ClN3O2S. The van der Waals surface area contributed by atoms with Crippen molar-refractivity contribution in [1.82, 2.24) is 9.21 Å². The van der Waals surface area contributed by atoms with Crippen LogP contribution in [0.15, 0.2) is 23.1 Å². The number of hydrogen-bond donors (Lipinski definition) is 1. The number of anilines is 1. The van der Waals surface area contributed by atoms with Gasteiger partial charge in [-0.05, 0) is 24.7 Å². The number of sulfonamides is 1. The van der Waals surface area contributed by atoms with Crippen LogP contribution in [0.4, 0.5) is 5.69 Å². The molecular weight excluding hydrogens is 286 g/mol. The first-order valence-corrected chi connectivity index (χ1v) is 8.04. The number of hydrogen-bond acceptors (Lipinski definition) is 4. The van der Waals surface area contributed by atoms with E-state index >= 15 is 0 Å². The highest BCUT2D eigenvalue weighted by molar-refractivity contribution is 7.89. The minimum absolute atomic E-state index is 0.141. The summed E-state index contributed by atoms with van der Waals surface area (Å²) in [6.45, 7) is 5.52. The summed E-state index contributed by atoms with van der Waals surface area (Å²) in [5.74, 6) is 0. The van der Waals surface area contributed by atoms with E-state index in [4.69, 9.17) is 17.3 Å². The van der Waals surface area contributed by atoms with E-state index in [1.54, 1.807) is 6.07 Å². The van der Waals surface area contributed by atoms with Crippen molar-refractivity contribution in [1.29, 1.82) is 0 Å². The second-order valence-electron chi connectivity index (χ2n) is 4.52. The fourth-order valence-electron chi connectivity index (χ4n) is 2.18. The Labute approximate surface area is 119 Å². The number of nitrogens with zero attached hydrogens (tertiary/aromatic N) is 2. The lowest BCUT2D eigenvalue weighted by Gasteiger charge is -2.33. The molecule has 19 heavy (non-hydrogen) atoms. The van der Waals surface area contributed by atoms with Gasteiger partial charge in [0.1, 0.15) is 4.90 Å². The highest BCUT2D eigenvalue weighted by Gasteiger charge is 2.29. The SMILES string of the molecule is CCN1CCN(S(=O)(=O)c2ccc(Cl)cc2N)CC1. The molecule has 2 N–H and O–H groups in total. The molecule has 1 saturated heterocycles. The number of nitrogen functional groups attached to an aromatic ring is 1. The van der Waals surface area contributed by atoms with Gasteiger partial charge in [-0.2, -0.15) is 4.31 Å². The van der Waals surface area contributed by atoms with Crippen molar-refractivity contribution in [2.24, 2.45) is 0 Å². The van der Waals surface area contributed by atoms with Gasteiger partial charge >= 0.3 is 0 Å². The van der Waals surface area contributed by atoms with Gasteiger partial charge in [0, 0.05) is 31.2 Å². The molecule has 1 aliphatic heterocycles. The van der Waals surface area contributed by atoms with Crippen LogP contribution < -0.4 is 5.73 Å². The minimum Gasteiger partial charge on any atom is -0.398 e.